The summed E-state index contributed by atoms with van der Waals surface area (Å²) in [6, 6.07) is 9.64. The molecule has 1 aliphatic rings. The van der Waals surface area contributed by atoms with Crippen molar-refractivity contribution >= 4 is 5.97 Å². The van der Waals surface area contributed by atoms with Gasteiger partial charge in [-0.3, -0.25) is 4.79 Å². The number of hydrogen-bond donors (Lipinski definition) is 3. The van der Waals surface area contributed by atoms with Gasteiger partial charge in [0.15, 0.2) is 0 Å². The largest absolute Gasteiger partial charge is 0.493 e. The first kappa shape index (κ1) is 21.2. The van der Waals surface area contributed by atoms with E-state index in [1.165, 1.54) is 0 Å². The first-order chi connectivity index (χ1) is 13.1. The van der Waals surface area contributed by atoms with Gasteiger partial charge in [0.05, 0.1) is 18.8 Å². The Kier molecular flexibility index (Phi) is 9.08. The maximum Gasteiger partial charge on any atom is 0.303 e. The Hall–Kier alpha value is -2.11. The molecule has 1 saturated carbocycles. The van der Waals surface area contributed by atoms with Crippen LogP contribution >= 0.6 is 0 Å². The number of aliphatic carboxylic acids is 1. The fraction of sp³-hybridized carbons (Fsp3) is 0.500. The van der Waals surface area contributed by atoms with Gasteiger partial charge in [-0.2, -0.15) is 0 Å². The van der Waals surface area contributed by atoms with Crippen LogP contribution in [0, 0.1) is 11.8 Å². The molecule has 4 atom stereocenters. The van der Waals surface area contributed by atoms with E-state index in [1.807, 2.05) is 54.6 Å². The molecular weight excluding hydrogens is 344 g/mol. The topological polar surface area (TPSA) is 87.0 Å². The van der Waals surface area contributed by atoms with Crippen molar-refractivity contribution in [3.8, 4) is 5.75 Å². The van der Waals surface area contributed by atoms with Gasteiger partial charge in [0.2, 0.25) is 0 Å². The summed E-state index contributed by atoms with van der Waals surface area (Å²) in [6.45, 7) is 0.569. The monoisotopic (exact) mass is 374 g/mol. The van der Waals surface area contributed by atoms with Crippen LogP contribution in [-0.2, 0) is 4.79 Å². The predicted molar refractivity (Wildman–Crippen MR) is 105 cm³/mol. The first-order valence-corrected chi connectivity index (χ1v) is 9.65. The van der Waals surface area contributed by atoms with Crippen LogP contribution in [0.3, 0.4) is 0 Å². The summed E-state index contributed by atoms with van der Waals surface area (Å²) in [7, 11) is 0. The van der Waals surface area contributed by atoms with Crippen molar-refractivity contribution < 1.29 is 24.9 Å². The van der Waals surface area contributed by atoms with Crippen molar-refractivity contribution in [2.24, 2.45) is 11.8 Å². The van der Waals surface area contributed by atoms with Gasteiger partial charge in [-0.05, 0) is 43.7 Å². The number of ether oxygens (including phenoxy) is 1. The van der Waals surface area contributed by atoms with Gasteiger partial charge in [0, 0.05) is 18.8 Å². The zero-order chi connectivity index (χ0) is 19.5. The molecule has 0 spiro atoms. The molecule has 0 saturated heterocycles. The standard InChI is InChI=1S/C22H30O5/c23-20-16-21(24)19(18(20)12-6-1-2-7-14-22(25)26)13-8-9-15-27-17-10-4-3-5-11-17/h1,3-6,8,10-11,13,18-21,23-24H,2,7,9,12,14-16H2,(H,25,26)/b6-1+,13-8+/t18-,19?,20+,21-/m1/s1. The molecule has 5 nitrogen and oxygen atoms in total. The van der Waals surface area contributed by atoms with Crippen LogP contribution in [0.5, 0.6) is 5.75 Å². The number of rotatable bonds is 11. The molecule has 1 fully saturated rings. The lowest BCUT2D eigenvalue weighted by Crippen LogP contribution is -2.19. The summed E-state index contributed by atoms with van der Waals surface area (Å²) in [5, 5.41) is 29.1. The number of aliphatic hydroxyl groups is 2. The second kappa shape index (κ2) is 11.6. The average molecular weight is 374 g/mol. The minimum Gasteiger partial charge on any atom is -0.493 e. The van der Waals surface area contributed by atoms with Crippen LogP contribution in [-0.4, -0.2) is 40.1 Å². The summed E-state index contributed by atoms with van der Waals surface area (Å²) in [4.78, 5) is 10.5. The molecule has 0 radical (unpaired) electrons. The number of carboxylic acid groups (broad SMARTS) is 1. The molecule has 2 rings (SSSR count). The third kappa shape index (κ3) is 7.57. The molecule has 1 aromatic rings. The number of allylic oxidation sites excluding steroid dienone is 2. The highest BCUT2D eigenvalue weighted by Gasteiger charge is 2.39. The summed E-state index contributed by atoms with van der Waals surface area (Å²) >= 11 is 0. The van der Waals surface area contributed by atoms with Gasteiger partial charge in [0.1, 0.15) is 5.75 Å². The minimum atomic E-state index is -0.779. The van der Waals surface area contributed by atoms with Crippen LogP contribution in [0.25, 0.3) is 0 Å². The molecule has 0 heterocycles. The lowest BCUT2D eigenvalue weighted by atomic mass is 9.90. The van der Waals surface area contributed by atoms with E-state index in [1.54, 1.807) is 0 Å². The van der Waals surface area contributed by atoms with Crippen LogP contribution < -0.4 is 4.74 Å². The Bertz CT molecular complexity index is 610. The Morgan fingerprint density at radius 1 is 1.07 bits per heavy atom. The quantitative estimate of drug-likeness (QED) is 0.407. The number of aliphatic hydroxyl groups excluding tert-OH is 2. The van der Waals surface area contributed by atoms with E-state index < -0.39 is 18.2 Å². The molecule has 1 unspecified atom stereocenters. The number of hydrogen-bond acceptors (Lipinski definition) is 4. The van der Waals surface area contributed by atoms with E-state index in [9.17, 15) is 15.0 Å². The van der Waals surface area contributed by atoms with Crippen molar-refractivity contribution in [2.45, 2.75) is 50.7 Å². The summed E-state index contributed by atoms with van der Waals surface area (Å²) in [6.07, 6.45) is 10.3. The van der Waals surface area contributed by atoms with Crippen LogP contribution in [0.15, 0.2) is 54.6 Å². The second-order valence-electron chi connectivity index (χ2n) is 6.98. The van der Waals surface area contributed by atoms with E-state index in [2.05, 4.69) is 0 Å². The van der Waals surface area contributed by atoms with Crippen LogP contribution in [0.2, 0.25) is 0 Å². The van der Waals surface area contributed by atoms with Crippen molar-refractivity contribution in [3.05, 3.63) is 54.6 Å². The molecule has 0 bridgehead atoms. The Morgan fingerprint density at radius 2 is 1.85 bits per heavy atom. The molecule has 1 aromatic carbocycles. The zero-order valence-corrected chi connectivity index (χ0v) is 15.6. The van der Waals surface area contributed by atoms with Crippen molar-refractivity contribution in [1.29, 1.82) is 0 Å². The lowest BCUT2D eigenvalue weighted by Gasteiger charge is -2.19. The van der Waals surface area contributed by atoms with E-state index in [4.69, 9.17) is 9.84 Å². The van der Waals surface area contributed by atoms with E-state index in [0.29, 0.717) is 25.9 Å². The third-order valence-corrected chi connectivity index (χ3v) is 4.91. The third-order valence-electron chi connectivity index (χ3n) is 4.91. The van der Waals surface area contributed by atoms with Gasteiger partial charge in [-0.15, -0.1) is 0 Å². The molecule has 3 N–H and O–H groups in total. The number of unbranched alkanes of at least 4 members (excludes halogenated alkanes) is 1. The van der Waals surface area contributed by atoms with E-state index in [-0.39, 0.29) is 18.3 Å². The second-order valence-corrected chi connectivity index (χ2v) is 6.98. The molecule has 0 aromatic heterocycles. The average Bonchev–Trinajstić information content (AvgIpc) is 2.91. The molecule has 27 heavy (non-hydrogen) atoms. The highest BCUT2D eigenvalue weighted by atomic mass is 16.5. The molecule has 148 valence electrons. The number of carbonyl (C=O) groups is 1. The maximum absolute atomic E-state index is 10.5. The van der Waals surface area contributed by atoms with Gasteiger partial charge >= 0.3 is 5.97 Å². The number of benzene rings is 1. The Labute approximate surface area is 161 Å². The van der Waals surface area contributed by atoms with Crippen molar-refractivity contribution in [3.63, 3.8) is 0 Å². The smallest absolute Gasteiger partial charge is 0.303 e. The first-order valence-electron chi connectivity index (χ1n) is 9.65. The van der Waals surface area contributed by atoms with Crippen molar-refractivity contribution in [2.75, 3.05) is 6.61 Å². The molecule has 0 aliphatic heterocycles. The fourth-order valence-corrected chi connectivity index (χ4v) is 3.46. The number of para-hydroxylation sites is 1. The van der Waals surface area contributed by atoms with Gasteiger partial charge in [-0.25, -0.2) is 0 Å². The van der Waals surface area contributed by atoms with E-state index >= 15 is 0 Å². The van der Waals surface area contributed by atoms with Crippen LogP contribution in [0.1, 0.15) is 38.5 Å². The Balaban J connectivity index is 1.75. The predicted octanol–water partition coefficient (Wildman–Crippen LogP) is 3.57. The highest BCUT2D eigenvalue weighted by molar-refractivity contribution is 5.66. The lowest BCUT2D eigenvalue weighted by molar-refractivity contribution is -0.137. The van der Waals surface area contributed by atoms with E-state index in [0.717, 1.165) is 18.6 Å². The summed E-state index contributed by atoms with van der Waals surface area (Å²) < 4.78 is 5.65. The van der Waals surface area contributed by atoms with Gasteiger partial charge < -0.3 is 20.1 Å². The summed E-state index contributed by atoms with van der Waals surface area (Å²) in [5.41, 5.74) is 0. The fourth-order valence-electron chi connectivity index (χ4n) is 3.46. The van der Waals surface area contributed by atoms with Crippen LogP contribution in [0.4, 0.5) is 0 Å². The normalized spacial score (nSPS) is 25.4. The summed E-state index contributed by atoms with van der Waals surface area (Å²) in [5.74, 6) is -0.0188. The molecule has 1 aliphatic carbocycles. The Morgan fingerprint density at radius 3 is 2.59 bits per heavy atom. The minimum absolute atomic E-state index is 0.0120. The van der Waals surface area contributed by atoms with Crippen molar-refractivity contribution in [1.82, 2.24) is 0 Å². The highest BCUT2D eigenvalue weighted by Crippen LogP contribution is 2.36. The molecular formula is C22H30O5. The molecule has 5 heteroatoms. The zero-order valence-electron chi connectivity index (χ0n) is 15.6. The number of carboxylic acids is 1. The van der Waals surface area contributed by atoms with Gasteiger partial charge in [0.25, 0.3) is 0 Å². The SMILES string of the molecule is O=C(O)CCC/C=C/C[C@@H]1C(/C=C/CCOc2ccccc2)[C@H](O)C[C@@H]1O. The van der Waals surface area contributed by atoms with Gasteiger partial charge in [-0.1, -0.05) is 42.5 Å². The molecule has 0 amide bonds. The maximum atomic E-state index is 10.5.